The number of rotatable bonds is 4. The fourth-order valence-corrected chi connectivity index (χ4v) is 2.43. The van der Waals surface area contributed by atoms with E-state index >= 15 is 0 Å². The van der Waals surface area contributed by atoms with Crippen molar-refractivity contribution in [1.29, 1.82) is 0 Å². The zero-order chi connectivity index (χ0) is 16.2. The highest BCUT2D eigenvalue weighted by Gasteiger charge is 2.28. The molecule has 7 heteroatoms. The lowest BCUT2D eigenvalue weighted by atomic mass is 10.1. The Bertz CT molecular complexity index is 512. The number of piperidine rings is 1. The third-order valence-corrected chi connectivity index (χ3v) is 3.62. The van der Waals surface area contributed by atoms with Gasteiger partial charge < -0.3 is 15.3 Å². The van der Waals surface area contributed by atoms with E-state index in [0.29, 0.717) is 31.6 Å². The molecule has 1 heterocycles. The molecule has 0 radical (unpaired) electrons. The normalized spacial score (nSPS) is 16.6. The van der Waals surface area contributed by atoms with Gasteiger partial charge in [-0.1, -0.05) is 12.1 Å². The first kappa shape index (κ1) is 16.6. The van der Waals surface area contributed by atoms with Crippen LogP contribution in [-0.4, -0.2) is 36.4 Å². The molecule has 1 aliphatic heterocycles. The van der Waals surface area contributed by atoms with Gasteiger partial charge in [0.2, 0.25) is 5.91 Å². The molecule has 0 aliphatic carbocycles. The number of aliphatic hydroxyl groups is 1. The van der Waals surface area contributed by atoms with Gasteiger partial charge in [-0.2, -0.15) is 13.2 Å². The minimum absolute atomic E-state index is 0.315. The first-order valence-electron chi connectivity index (χ1n) is 7.24. The van der Waals surface area contributed by atoms with Gasteiger partial charge in [0.05, 0.1) is 23.9 Å². The van der Waals surface area contributed by atoms with Crippen molar-refractivity contribution in [3.05, 3.63) is 24.3 Å². The molecule has 122 valence electrons. The third kappa shape index (κ3) is 4.91. The average molecular weight is 316 g/mol. The highest BCUT2D eigenvalue weighted by molar-refractivity contribution is 5.94. The molecule has 2 rings (SSSR count). The van der Waals surface area contributed by atoms with E-state index in [2.05, 4.69) is 5.32 Å². The Labute approximate surface area is 126 Å². The molecule has 2 N–H and O–H groups in total. The number of carbonyl (C=O) groups excluding carboxylic acids is 1. The molecular weight excluding hydrogens is 297 g/mol. The van der Waals surface area contributed by atoms with Crippen molar-refractivity contribution in [3.63, 3.8) is 0 Å². The largest absolute Gasteiger partial charge is 0.393 e. The average Bonchev–Trinajstić information content (AvgIpc) is 2.46. The molecule has 1 amide bonds. The van der Waals surface area contributed by atoms with Crippen LogP contribution in [0.4, 0.5) is 24.5 Å². The number of amides is 1. The SMILES string of the molecule is O=C(CCC(F)(F)F)Nc1ccccc1N1CCC(O)CC1. The van der Waals surface area contributed by atoms with Crippen molar-refractivity contribution in [1.82, 2.24) is 0 Å². The third-order valence-electron chi connectivity index (χ3n) is 3.62. The summed E-state index contributed by atoms with van der Waals surface area (Å²) in [6.07, 6.45) is -5.09. The van der Waals surface area contributed by atoms with E-state index in [1.165, 1.54) is 0 Å². The van der Waals surface area contributed by atoms with E-state index in [9.17, 15) is 23.1 Å². The zero-order valence-electron chi connectivity index (χ0n) is 12.1. The quantitative estimate of drug-likeness (QED) is 0.898. The van der Waals surface area contributed by atoms with Crippen LogP contribution in [0.25, 0.3) is 0 Å². The summed E-state index contributed by atoms with van der Waals surface area (Å²) in [5, 5.41) is 12.1. The topological polar surface area (TPSA) is 52.6 Å². The molecule has 0 spiro atoms. The van der Waals surface area contributed by atoms with Crippen molar-refractivity contribution < 1.29 is 23.1 Å². The van der Waals surface area contributed by atoms with Crippen LogP contribution in [0.1, 0.15) is 25.7 Å². The number of nitrogens with one attached hydrogen (secondary N) is 1. The molecule has 1 fully saturated rings. The van der Waals surface area contributed by atoms with Gasteiger partial charge in [-0.25, -0.2) is 0 Å². The Morgan fingerprint density at radius 3 is 2.55 bits per heavy atom. The van der Waals surface area contributed by atoms with Crippen LogP contribution >= 0.6 is 0 Å². The number of benzene rings is 1. The summed E-state index contributed by atoms with van der Waals surface area (Å²) >= 11 is 0. The number of alkyl halides is 3. The Morgan fingerprint density at radius 2 is 1.91 bits per heavy atom. The maximum Gasteiger partial charge on any atom is 0.389 e. The van der Waals surface area contributed by atoms with Gasteiger partial charge in [-0.3, -0.25) is 4.79 Å². The molecule has 0 bridgehead atoms. The van der Waals surface area contributed by atoms with E-state index < -0.39 is 24.9 Å². The standard InChI is InChI=1S/C15H19F3N2O2/c16-15(17,18)8-5-14(22)19-12-3-1-2-4-13(12)20-9-6-11(21)7-10-20/h1-4,11,21H,5-10H2,(H,19,22). The Kier molecular flexibility index (Phi) is 5.28. The summed E-state index contributed by atoms with van der Waals surface area (Å²) in [5.74, 6) is -0.651. The second kappa shape index (κ2) is 7.00. The molecule has 22 heavy (non-hydrogen) atoms. The molecule has 1 aliphatic rings. The van der Waals surface area contributed by atoms with E-state index in [1.54, 1.807) is 12.1 Å². The molecule has 0 atom stereocenters. The molecule has 1 saturated heterocycles. The fraction of sp³-hybridized carbons (Fsp3) is 0.533. The number of para-hydroxylation sites is 2. The van der Waals surface area contributed by atoms with Crippen LogP contribution in [0.15, 0.2) is 24.3 Å². The Hall–Kier alpha value is -1.76. The number of hydrogen-bond donors (Lipinski definition) is 2. The predicted octanol–water partition coefficient (Wildman–Crippen LogP) is 2.93. The van der Waals surface area contributed by atoms with Gasteiger partial charge in [0, 0.05) is 19.5 Å². The van der Waals surface area contributed by atoms with Gasteiger partial charge in [0.1, 0.15) is 0 Å². The van der Waals surface area contributed by atoms with Gasteiger partial charge >= 0.3 is 6.18 Å². The summed E-state index contributed by atoms with van der Waals surface area (Å²) < 4.78 is 36.4. The second-order valence-electron chi connectivity index (χ2n) is 5.40. The zero-order valence-corrected chi connectivity index (χ0v) is 12.1. The second-order valence-corrected chi connectivity index (χ2v) is 5.40. The number of aliphatic hydroxyl groups excluding tert-OH is 1. The minimum atomic E-state index is -4.33. The van der Waals surface area contributed by atoms with Crippen LogP contribution in [0, 0.1) is 0 Å². The smallest absolute Gasteiger partial charge is 0.389 e. The molecule has 0 unspecified atom stereocenters. The monoisotopic (exact) mass is 316 g/mol. The van der Waals surface area contributed by atoms with E-state index in [4.69, 9.17) is 0 Å². The number of anilines is 2. The number of carbonyl (C=O) groups is 1. The molecule has 0 saturated carbocycles. The minimum Gasteiger partial charge on any atom is -0.393 e. The number of nitrogens with zero attached hydrogens (tertiary/aromatic N) is 1. The summed E-state index contributed by atoms with van der Waals surface area (Å²) in [6, 6.07) is 7.02. The Morgan fingerprint density at radius 1 is 1.27 bits per heavy atom. The number of hydrogen-bond acceptors (Lipinski definition) is 3. The maximum atomic E-state index is 12.1. The van der Waals surface area contributed by atoms with Crippen molar-refractivity contribution in [2.24, 2.45) is 0 Å². The molecular formula is C15H19F3N2O2. The van der Waals surface area contributed by atoms with Crippen molar-refractivity contribution >= 4 is 17.3 Å². The van der Waals surface area contributed by atoms with E-state index in [-0.39, 0.29) is 6.10 Å². The maximum absolute atomic E-state index is 12.1. The van der Waals surface area contributed by atoms with Gasteiger partial charge in [-0.15, -0.1) is 0 Å². The summed E-state index contributed by atoms with van der Waals surface area (Å²) in [7, 11) is 0. The molecule has 1 aromatic rings. The van der Waals surface area contributed by atoms with Gasteiger partial charge in [0.25, 0.3) is 0 Å². The first-order valence-corrected chi connectivity index (χ1v) is 7.24. The van der Waals surface area contributed by atoms with Crippen LogP contribution in [0.2, 0.25) is 0 Å². The lowest BCUT2D eigenvalue weighted by molar-refractivity contribution is -0.142. The van der Waals surface area contributed by atoms with Gasteiger partial charge in [-0.05, 0) is 25.0 Å². The summed E-state index contributed by atoms with van der Waals surface area (Å²) in [4.78, 5) is 13.7. The van der Waals surface area contributed by atoms with E-state index in [0.717, 1.165) is 5.69 Å². The van der Waals surface area contributed by atoms with Crippen LogP contribution < -0.4 is 10.2 Å². The number of halogens is 3. The van der Waals surface area contributed by atoms with Crippen LogP contribution in [0.3, 0.4) is 0 Å². The van der Waals surface area contributed by atoms with Crippen molar-refractivity contribution in [3.8, 4) is 0 Å². The first-order chi connectivity index (χ1) is 10.3. The molecule has 0 aromatic heterocycles. The highest BCUT2D eigenvalue weighted by atomic mass is 19.4. The Balaban J connectivity index is 2.00. The summed E-state index contributed by atoms with van der Waals surface area (Å²) in [5.41, 5.74) is 1.28. The predicted molar refractivity (Wildman–Crippen MR) is 77.8 cm³/mol. The summed E-state index contributed by atoms with van der Waals surface area (Å²) in [6.45, 7) is 1.30. The van der Waals surface area contributed by atoms with E-state index in [1.807, 2.05) is 17.0 Å². The van der Waals surface area contributed by atoms with Crippen molar-refractivity contribution in [2.75, 3.05) is 23.3 Å². The van der Waals surface area contributed by atoms with Crippen LogP contribution in [0.5, 0.6) is 0 Å². The van der Waals surface area contributed by atoms with Gasteiger partial charge in [0.15, 0.2) is 0 Å². The molecule has 1 aromatic carbocycles. The van der Waals surface area contributed by atoms with Crippen LogP contribution in [-0.2, 0) is 4.79 Å². The van der Waals surface area contributed by atoms with Crippen molar-refractivity contribution in [2.45, 2.75) is 38.0 Å². The lowest BCUT2D eigenvalue weighted by Gasteiger charge is -2.32. The molecule has 4 nitrogen and oxygen atoms in total. The fourth-order valence-electron chi connectivity index (χ4n) is 2.43. The lowest BCUT2D eigenvalue weighted by Crippen LogP contribution is -2.36. The highest BCUT2D eigenvalue weighted by Crippen LogP contribution is 2.29.